The van der Waals surface area contributed by atoms with Crippen LogP contribution in [0.2, 0.25) is 0 Å². The summed E-state index contributed by atoms with van der Waals surface area (Å²) in [6, 6.07) is 9.40. The van der Waals surface area contributed by atoms with Crippen LogP contribution in [0, 0.1) is 11.8 Å². The number of benzene rings is 2. The van der Waals surface area contributed by atoms with Gasteiger partial charge in [-0.15, -0.1) is 0 Å². The van der Waals surface area contributed by atoms with Crippen molar-refractivity contribution in [3.05, 3.63) is 70.8 Å². The van der Waals surface area contributed by atoms with E-state index in [1.807, 2.05) is 24.3 Å². The molecular formula is C36H44N2O10S. The minimum Gasteiger partial charge on any atom is -0.493 e. The number of ether oxygens (including phenoxy) is 4. The van der Waals surface area contributed by atoms with Gasteiger partial charge >= 0.3 is 10.4 Å². The molecule has 4 N–H and O–H groups in total. The molecule has 12 nitrogen and oxygen atoms in total. The highest BCUT2D eigenvalue weighted by molar-refractivity contribution is 7.79. The lowest BCUT2D eigenvalue weighted by molar-refractivity contribution is -0.0453. The van der Waals surface area contributed by atoms with E-state index in [1.165, 1.54) is 22.3 Å². The summed E-state index contributed by atoms with van der Waals surface area (Å²) in [7, 11) is 3.15. The van der Waals surface area contributed by atoms with Crippen molar-refractivity contribution in [2.45, 2.75) is 73.0 Å². The fourth-order valence-corrected chi connectivity index (χ4v) is 10.8. The van der Waals surface area contributed by atoms with Crippen LogP contribution in [0.25, 0.3) is 0 Å². The lowest BCUT2D eigenvalue weighted by Gasteiger charge is -2.56. The molecular weight excluding hydrogens is 652 g/mol. The maximum Gasteiger partial charge on any atom is 0.394 e. The van der Waals surface area contributed by atoms with Crippen LogP contribution in [0.5, 0.6) is 23.0 Å². The Balaban J connectivity index is 0.000000125. The van der Waals surface area contributed by atoms with Crippen molar-refractivity contribution >= 4 is 10.4 Å². The van der Waals surface area contributed by atoms with Crippen molar-refractivity contribution in [2.24, 2.45) is 11.8 Å². The summed E-state index contributed by atoms with van der Waals surface area (Å²) < 4.78 is 55.3. The summed E-state index contributed by atoms with van der Waals surface area (Å²) in [6.07, 6.45) is 11.1. The number of hydrogen-bond donors (Lipinski definition) is 4. The molecule has 0 amide bonds. The summed E-state index contributed by atoms with van der Waals surface area (Å²) in [5.74, 6) is 4.18. The van der Waals surface area contributed by atoms with Crippen LogP contribution < -0.4 is 18.9 Å². The number of likely N-dealkylation sites (tertiary alicyclic amines) is 2. The van der Waals surface area contributed by atoms with Crippen molar-refractivity contribution in [3.8, 4) is 23.0 Å². The van der Waals surface area contributed by atoms with Crippen molar-refractivity contribution in [2.75, 3.05) is 41.4 Å². The van der Waals surface area contributed by atoms with Gasteiger partial charge in [0.05, 0.1) is 14.2 Å². The Kier molecular flexibility index (Phi) is 7.69. The summed E-state index contributed by atoms with van der Waals surface area (Å²) in [6.45, 7) is 2.11. The number of methoxy groups -OCH3 is 2. The molecule has 4 aliphatic carbocycles. The zero-order valence-corrected chi connectivity index (χ0v) is 28.8. The van der Waals surface area contributed by atoms with E-state index in [1.54, 1.807) is 14.2 Å². The maximum atomic E-state index is 10.6. The number of nitrogens with zero attached hydrogens (tertiary/aromatic N) is 2. The molecule has 264 valence electrons. The Labute approximate surface area is 286 Å². The number of likely N-dealkylation sites (N-methyl/N-ethyl adjacent to an activating group) is 2. The highest BCUT2D eigenvalue weighted by Crippen LogP contribution is 2.64. The maximum absolute atomic E-state index is 10.6. The second-order valence-electron chi connectivity index (χ2n) is 14.7. The highest BCUT2D eigenvalue weighted by Gasteiger charge is 2.65. The molecule has 4 aliphatic heterocycles. The van der Waals surface area contributed by atoms with E-state index in [4.69, 9.17) is 36.5 Å². The molecule has 13 heteroatoms. The Morgan fingerprint density at radius 2 is 1.10 bits per heavy atom. The lowest BCUT2D eigenvalue weighted by atomic mass is 9.53. The molecule has 10 unspecified atom stereocenters. The zero-order chi connectivity index (χ0) is 34.6. The van der Waals surface area contributed by atoms with E-state index >= 15 is 0 Å². The molecule has 2 saturated heterocycles. The first kappa shape index (κ1) is 33.0. The van der Waals surface area contributed by atoms with Crippen molar-refractivity contribution in [1.29, 1.82) is 0 Å². The second-order valence-corrected chi connectivity index (χ2v) is 15.6. The minimum absolute atomic E-state index is 0.0806. The van der Waals surface area contributed by atoms with Crippen molar-refractivity contribution < 1.29 is 46.7 Å². The standard InChI is InChI=1S/2C18H21NO3.H2O4S/c2*1-19-8-7-18-11-4-5-13(20)17(18)22-16-14(21-2)6-3-10(15(16)18)9-12(11)19;1-5(2,3)4/h2*3-6,11-13,17,20H,7-9H2,1-2H3;(H2,1,2,3,4). The Morgan fingerprint density at radius 1 is 0.714 bits per heavy atom. The number of aliphatic hydroxyl groups excluding tert-OH is 2. The van der Waals surface area contributed by atoms with Crippen molar-refractivity contribution in [1.82, 2.24) is 9.80 Å². The molecule has 8 aliphatic rings. The Bertz CT molecular complexity index is 1720. The normalized spacial score (nSPS) is 38.0. The second kappa shape index (κ2) is 11.4. The molecule has 4 bridgehead atoms. The first-order valence-corrected chi connectivity index (χ1v) is 18.3. The van der Waals surface area contributed by atoms with Crippen LogP contribution in [-0.4, -0.2) is 115 Å². The molecule has 49 heavy (non-hydrogen) atoms. The van der Waals surface area contributed by atoms with Crippen LogP contribution >= 0.6 is 0 Å². The fourth-order valence-electron chi connectivity index (χ4n) is 10.8. The molecule has 0 aromatic heterocycles. The van der Waals surface area contributed by atoms with Crippen LogP contribution in [0.4, 0.5) is 0 Å². The van der Waals surface area contributed by atoms with Crippen LogP contribution in [0.3, 0.4) is 0 Å². The van der Waals surface area contributed by atoms with Crippen LogP contribution in [-0.2, 0) is 34.1 Å². The van der Waals surface area contributed by atoms with Gasteiger partial charge in [-0.1, -0.05) is 36.4 Å². The third-order valence-corrected chi connectivity index (χ3v) is 12.7. The Hall–Kier alpha value is -3.17. The van der Waals surface area contributed by atoms with Gasteiger partial charge in [0.25, 0.3) is 0 Å². The van der Waals surface area contributed by atoms with E-state index in [9.17, 15) is 10.2 Å². The van der Waals surface area contributed by atoms with E-state index < -0.39 is 22.6 Å². The first-order chi connectivity index (χ1) is 23.3. The summed E-state index contributed by atoms with van der Waals surface area (Å²) in [5, 5.41) is 21.1. The molecule has 0 radical (unpaired) electrons. The predicted molar refractivity (Wildman–Crippen MR) is 179 cm³/mol. The minimum atomic E-state index is -4.67. The summed E-state index contributed by atoms with van der Waals surface area (Å²) >= 11 is 0. The summed E-state index contributed by atoms with van der Waals surface area (Å²) in [5.41, 5.74) is 5.21. The van der Waals surface area contributed by atoms with Crippen LogP contribution in [0.1, 0.15) is 35.1 Å². The SMILES string of the molecule is COc1ccc2c3c1OC1C(O)C=CC4C(C2)N(C)CCC341.COc1ccc2c3c1OC1C(O)C=CC4C(C2)N(C)CCC341.O=S(=O)(O)O. The highest BCUT2D eigenvalue weighted by atomic mass is 32.3. The van der Waals surface area contributed by atoms with Gasteiger partial charge in [-0.05, 0) is 76.1 Å². The molecule has 2 aromatic rings. The molecule has 10 rings (SSSR count). The van der Waals surface area contributed by atoms with Gasteiger partial charge in [-0.25, -0.2) is 0 Å². The number of rotatable bonds is 2. The molecule has 2 spiro atoms. The third kappa shape index (κ3) is 4.66. The topological polar surface area (TPSA) is 158 Å². The lowest BCUT2D eigenvalue weighted by Crippen LogP contribution is -2.64. The predicted octanol–water partition coefficient (Wildman–Crippen LogP) is 2.35. The van der Waals surface area contributed by atoms with Gasteiger partial charge in [0.15, 0.2) is 23.0 Å². The molecule has 0 saturated carbocycles. The number of aliphatic hydroxyl groups is 2. The first-order valence-electron chi connectivity index (χ1n) is 16.9. The smallest absolute Gasteiger partial charge is 0.394 e. The number of hydrogen-bond acceptors (Lipinski definition) is 10. The Morgan fingerprint density at radius 3 is 1.47 bits per heavy atom. The molecule has 10 atom stereocenters. The van der Waals surface area contributed by atoms with E-state index in [0.717, 1.165) is 61.8 Å². The van der Waals surface area contributed by atoms with Gasteiger partial charge in [0.1, 0.15) is 24.4 Å². The largest absolute Gasteiger partial charge is 0.493 e. The molecule has 4 heterocycles. The third-order valence-electron chi connectivity index (χ3n) is 12.7. The van der Waals surface area contributed by atoms with Gasteiger partial charge in [0, 0.05) is 45.9 Å². The number of piperidine rings is 2. The van der Waals surface area contributed by atoms with Gasteiger partial charge in [0.2, 0.25) is 0 Å². The van der Waals surface area contributed by atoms with E-state index in [2.05, 4.69) is 48.2 Å². The quantitative estimate of drug-likeness (QED) is 0.269. The van der Waals surface area contributed by atoms with E-state index in [0.29, 0.717) is 23.9 Å². The van der Waals surface area contributed by atoms with Crippen LogP contribution in [0.15, 0.2) is 48.6 Å². The average Bonchev–Trinajstić information content (AvgIpc) is 3.60. The van der Waals surface area contributed by atoms with Gasteiger partial charge in [-0.2, -0.15) is 8.42 Å². The molecule has 2 aromatic carbocycles. The monoisotopic (exact) mass is 696 g/mol. The summed E-state index contributed by atoms with van der Waals surface area (Å²) in [4.78, 5) is 4.94. The van der Waals surface area contributed by atoms with Gasteiger partial charge in [-0.3, -0.25) is 9.11 Å². The van der Waals surface area contributed by atoms with E-state index in [-0.39, 0.29) is 23.0 Å². The van der Waals surface area contributed by atoms with Gasteiger partial charge < -0.3 is 39.0 Å². The van der Waals surface area contributed by atoms with Crippen molar-refractivity contribution in [3.63, 3.8) is 0 Å². The molecule has 2 fully saturated rings. The zero-order valence-electron chi connectivity index (χ0n) is 28.0. The fraction of sp³-hybridized carbons (Fsp3) is 0.556. The average molecular weight is 697 g/mol.